The van der Waals surface area contributed by atoms with E-state index in [1.165, 1.54) is 0 Å². The van der Waals surface area contributed by atoms with Gasteiger partial charge in [-0.1, -0.05) is 6.07 Å². The summed E-state index contributed by atoms with van der Waals surface area (Å²) >= 11 is 0. The van der Waals surface area contributed by atoms with Crippen molar-refractivity contribution in [3.05, 3.63) is 59.5 Å². The molecule has 0 aliphatic rings. The van der Waals surface area contributed by atoms with Gasteiger partial charge in [0.1, 0.15) is 18.2 Å². The molecule has 31 heavy (non-hydrogen) atoms. The van der Waals surface area contributed by atoms with Crippen LogP contribution >= 0.6 is 0 Å². The Hall–Kier alpha value is -4.14. The van der Waals surface area contributed by atoms with E-state index in [1.807, 2.05) is 18.2 Å². The van der Waals surface area contributed by atoms with Gasteiger partial charge in [-0.3, -0.25) is 0 Å². The van der Waals surface area contributed by atoms with Crippen molar-refractivity contribution in [1.29, 1.82) is 0 Å². The predicted octanol–water partition coefficient (Wildman–Crippen LogP) is 3.28. The van der Waals surface area contributed by atoms with Crippen LogP contribution in [-0.4, -0.2) is 29.3 Å². The van der Waals surface area contributed by atoms with Crippen LogP contribution in [0.1, 0.15) is 16.9 Å². The fourth-order valence-electron chi connectivity index (χ4n) is 3.26. The molecule has 0 amide bonds. The first-order chi connectivity index (χ1) is 15.0. The van der Waals surface area contributed by atoms with Crippen LogP contribution in [0.5, 0.6) is 23.0 Å². The van der Waals surface area contributed by atoms with Crippen LogP contribution in [0.4, 0.5) is 11.8 Å². The van der Waals surface area contributed by atoms with Gasteiger partial charge in [-0.15, -0.1) is 0 Å². The largest absolute Gasteiger partial charge is 0.504 e. The number of aromatic nitrogens is 2. The Morgan fingerprint density at radius 1 is 1.03 bits per heavy atom. The second kappa shape index (κ2) is 8.31. The molecule has 2 aromatic heterocycles. The molecule has 0 saturated heterocycles. The van der Waals surface area contributed by atoms with Crippen molar-refractivity contribution in [3.63, 3.8) is 0 Å². The molecule has 0 atom stereocenters. The van der Waals surface area contributed by atoms with Crippen LogP contribution in [0, 0.1) is 0 Å². The number of phenols is 1. The van der Waals surface area contributed by atoms with Gasteiger partial charge in [0.05, 0.1) is 14.2 Å². The lowest BCUT2D eigenvalue weighted by Gasteiger charge is -2.10. The summed E-state index contributed by atoms with van der Waals surface area (Å²) in [5.74, 6) is 2.43. The lowest BCUT2D eigenvalue weighted by Crippen LogP contribution is -2.04. The number of nitrogens with two attached hydrogens (primary N) is 2. The van der Waals surface area contributed by atoms with Gasteiger partial charge in [0.25, 0.3) is 0 Å². The smallest absolute Gasteiger partial charge is 0.221 e. The normalized spacial score (nSPS) is 10.9. The van der Waals surface area contributed by atoms with Gasteiger partial charge in [-0.25, -0.2) is 4.98 Å². The minimum atomic E-state index is 0.0145. The molecule has 9 nitrogen and oxygen atoms in total. The summed E-state index contributed by atoms with van der Waals surface area (Å²) in [6.07, 6.45) is 2.05. The zero-order valence-corrected chi connectivity index (χ0v) is 17.1. The highest BCUT2D eigenvalue weighted by Gasteiger charge is 2.15. The van der Waals surface area contributed by atoms with Crippen molar-refractivity contribution in [1.82, 2.24) is 9.97 Å². The van der Waals surface area contributed by atoms with E-state index in [9.17, 15) is 5.11 Å². The fraction of sp³-hybridized carbons (Fsp3) is 0.182. The number of ether oxygens (including phenoxy) is 3. The lowest BCUT2D eigenvalue weighted by atomic mass is 10.1. The van der Waals surface area contributed by atoms with E-state index in [2.05, 4.69) is 9.97 Å². The van der Waals surface area contributed by atoms with Crippen LogP contribution in [0.3, 0.4) is 0 Å². The first-order valence-corrected chi connectivity index (χ1v) is 9.43. The number of nitrogen functional groups attached to an aromatic ring is 2. The van der Waals surface area contributed by atoms with Crippen LogP contribution in [0.2, 0.25) is 0 Å². The summed E-state index contributed by atoms with van der Waals surface area (Å²) in [6, 6.07) is 10.6. The third-order valence-corrected chi connectivity index (χ3v) is 4.79. The Bertz CT molecular complexity index is 1240. The summed E-state index contributed by atoms with van der Waals surface area (Å²) in [7, 11) is 3.12. The number of anilines is 2. The molecule has 2 heterocycles. The number of methoxy groups -OCH3 is 2. The molecule has 0 aliphatic carbocycles. The highest BCUT2D eigenvalue weighted by atomic mass is 16.5. The number of hydrogen-bond donors (Lipinski definition) is 3. The van der Waals surface area contributed by atoms with Crippen molar-refractivity contribution >= 4 is 22.7 Å². The van der Waals surface area contributed by atoms with Crippen molar-refractivity contribution in [2.75, 3.05) is 25.7 Å². The Kier molecular flexibility index (Phi) is 5.40. The van der Waals surface area contributed by atoms with E-state index in [4.69, 9.17) is 30.1 Å². The minimum Gasteiger partial charge on any atom is -0.504 e. The molecule has 2 aromatic carbocycles. The molecule has 0 fully saturated rings. The number of benzene rings is 2. The van der Waals surface area contributed by atoms with Crippen LogP contribution in [0.25, 0.3) is 11.0 Å². The Labute approximate surface area is 178 Å². The van der Waals surface area contributed by atoms with Gasteiger partial charge >= 0.3 is 0 Å². The predicted molar refractivity (Wildman–Crippen MR) is 115 cm³/mol. The molecule has 0 bridgehead atoms. The van der Waals surface area contributed by atoms with Crippen molar-refractivity contribution in [3.8, 4) is 23.0 Å². The first-order valence-electron chi connectivity index (χ1n) is 9.43. The second-order valence-electron chi connectivity index (χ2n) is 6.84. The molecule has 0 aliphatic heterocycles. The Morgan fingerprint density at radius 3 is 2.61 bits per heavy atom. The maximum absolute atomic E-state index is 10.2. The number of hydrogen-bond acceptors (Lipinski definition) is 9. The average Bonchev–Trinajstić information content (AvgIpc) is 3.18. The van der Waals surface area contributed by atoms with Gasteiger partial charge in [-0.2, -0.15) is 4.98 Å². The molecule has 4 aromatic rings. The van der Waals surface area contributed by atoms with Crippen LogP contribution in [-0.2, 0) is 13.0 Å². The monoisotopic (exact) mass is 422 g/mol. The summed E-state index contributed by atoms with van der Waals surface area (Å²) in [5, 5.41) is 11.1. The van der Waals surface area contributed by atoms with Crippen molar-refractivity contribution in [2.24, 2.45) is 0 Å². The van der Waals surface area contributed by atoms with Crippen molar-refractivity contribution < 1.29 is 23.7 Å². The molecule has 0 spiro atoms. The SMILES string of the molecule is COc1ccc2cc(COc3cc(Cc4cnc(N)nc4N)ccc3O)oc2c1OC. The zero-order chi connectivity index (χ0) is 22.0. The topological polar surface area (TPSA) is 139 Å². The summed E-state index contributed by atoms with van der Waals surface area (Å²) in [6.45, 7) is 0.115. The number of aromatic hydroxyl groups is 1. The standard InChI is InChI=1S/C22H22N4O5/c1-28-17-6-4-13-9-15(31-19(13)20(17)29-2)11-30-18-8-12(3-5-16(18)27)7-14-10-25-22(24)26-21(14)23/h3-6,8-10,27H,7,11H2,1-2H3,(H4,23,24,25,26). The third-order valence-electron chi connectivity index (χ3n) is 4.79. The van der Waals surface area contributed by atoms with Crippen molar-refractivity contribution in [2.45, 2.75) is 13.0 Å². The first kappa shape index (κ1) is 20.1. The highest BCUT2D eigenvalue weighted by Crippen LogP contribution is 2.37. The maximum atomic E-state index is 10.2. The van der Waals surface area contributed by atoms with E-state index in [-0.39, 0.29) is 18.3 Å². The van der Waals surface area contributed by atoms with Gasteiger partial charge < -0.3 is 35.2 Å². The molecular formula is C22H22N4O5. The molecule has 9 heteroatoms. The molecule has 4 rings (SSSR count). The maximum Gasteiger partial charge on any atom is 0.221 e. The molecule has 5 N–H and O–H groups in total. The summed E-state index contributed by atoms with van der Waals surface area (Å²) < 4.78 is 22.4. The number of furan rings is 1. The van der Waals surface area contributed by atoms with Gasteiger partial charge in [-0.05, 0) is 35.9 Å². The van der Waals surface area contributed by atoms with E-state index in [0.717, 1.165) is 16.5 Å². The number of fused-ring (bicyclic) bond motifs is 1. The Morgan fingerprint density at radius 2 is 1.87 bits per heavy atom. The minimum absolute atomic E-state index is 0.0145. The quantitative estimate of drug-likeness (QED) is 0.409. The van der Waals surface area contributed by atoms with E-state index < -0.39 is 0 Å². The van der Waals surface area contributed by atoms with Crippen LogP contribution < -0.4 is 25.7 Å². The van der Waals surface area contributed by atoms with E-state index in [1.54, 1.807) is 38.6 Å². The summed E-state index contributed by atoms with van der Waals surface area (Å²) in [4.78, 5) is 7.94. The highest BCUT2D eigenvalue weighted by molar-refractivity contribution is 5.86. The zero-order valence-electron chi connectivity index (χ0n) is 17.1. The molecular weight excluding hydrogens is 400 g/mol. The molecule has 160 valence electrons. The fourth-order valence-corrected chi connectivity index (χ4v) is 3.26. The van der Waals surface area contributed by atoms with Crippen LogP contribution in [0.15, 0.2) is 47.0 Å². The van der Waals surface area contributed by atoms with E-state index in [0.29, 0.717) is 40.8 Å². The van der Waals surface area contributed by atoms with Gasteiger partial charge in [0.15, 0.2) is 22.8 Å². The number of nitrogens with zero attached hydrogens (tertiary/aromatic N) is 2. The van der Waals surface area contributed by atoms with Gasteiger partial charge in [0.2, 0.25) is 11.7 Å². The third kappa shape index (κ3) is 4.11. The molecule has 0 saturated carbocycles. The average molecular weight is 422 g/mol. The lowest BCUT2D eigenvalue weighted by molar-refractivity contribution is 0.261. The summed E-state index contributed by atoms with van der Waals surface area (Å²) in [5.41, 5.74) is 13.6. The van der Waals surface area contributed by atoms with Gasteiger partial charge in [0, 0.05) is 23.6 Å². The number of phenolic OH excluding ortho intramolecular Hbond substituents is 1. The Balaban J connectivity index is 1.54. The second-order valence-corrected chi connectivity index (χ2v) is 6.84. The number of rotatable bonds is 7. The molecule has 0 radical (unpaired) electrons. The molecule has 0 unspecified atom stereocenters. The van der Waals surface area contributed by atoms with E-state index >= 15 is 0 Å².